The van der Waals surface area contributed by atoms with Gasteiger partial charge >= 0.3 is 5.97 Å². The topological polar surface area (TPSA) is 75.7 Å². The highest BCUT2D eigenvalue weighted by Crippen LogP contribution is 2.23. The summed E-state index contributed by atoms with van der Waals surface area (Å²) >= 11 is 0. The molecule has 0 aliphatic rings. The summed E-state index contributed by atoms with van der Waals surface area (Å²) in [5.74, 6) is -1.26. The summed E-state index contributed by atoms with van der Waals surface area (Å²) in [6.07, 6.45) is 1.46. The molecule has 0 heterocycles. The molecule has 6 heteroatoms. The van der Waals surface area contributed by atoms with Crippen molar-refractivity contribution in [3.63, 3.8) is 0 Å². The number of allylic oxidation sites excluding steroid dienone is 1. The van der Waals surface area contributed by atoms with E-state index in [0.717, 1.165) is 21.9 Å². The number of methoxy groups -OCH3 is 1. The Morgan fingerprint density at radius 3 is 2.26 bits per heavy atom. The van der Waals surface area contributed by atoms with Gasteiger partial charge in [0.05, 0.1) is 18.4 Å². The first kappa shape index (κ1) is 21.8. The molecule has 0 saturated carbocycles. The monoisotopic (exact) mass is 416 g/mol. The standard InChI is InChI=1S/C25H24N2O4/c1-16(18-10-9-17-7-5-6-8-19(17)14-18)13-23(28)26-22-15-20(24(29)27(2)3)11-12-21(22)25(30)31-4/h5-15H,1-4H3,(H,26,28). The van der Waals surface area contributed by atoms with Crippen LogP contribution in [0, 0.1) is 0 Å². The lowest BCUT2D eigenvalue weighted by Gasteiger charge is -2.14. The van der Waals surface area contributed by atoms with Crippen LogP contribution in [0.2, 0.25) is 0 Å². The van der Waals surface area contributed by atoms with Gasteiger partial charge in [-0.25, -0.2) is 4.79 Å². The van der Waals surface area contributed by atoms with Crippen molar-refractivity contribution in [3.05, 3.63) is 83.4 Å². The number of ether oxygens (including phenoxy) is 1. The quantitative estimate of drug-likeness (QED) is 0.495. The molecule has 0 aliphatic heterocycles. The van der Waals surface area contributed by atoms with Gasteiger partial charge < -0.3 is 15.0 Å². The van der Waals surface area contributed by atoms with Gasteiger partial charge in [-0.2, -0.15) is 0 Å². The average Bonchev–Trinajstić information content (AvgIpc) is 2.77. The molecule has 3 aromatic carbocycles. The van der Waals surface area contributed by atoms with Crippen molar-refractivity contribution < 1.29 is 19.1 Å². The molecule has 0 spiro atoms. The van der Waals surface area contributed by atoms with Crippen molar-refractivity contribution in [3.8, 4) is 0 Å². The molecule has 3 aromatic rings. The molecule has 0 radical (unpaired) electrons. The fourth-order valence-electron chi connectivity index (χ4n) is 3.21. The van der Waals surface area contributed by atoms with Gasteiger partial charge in [0.15, 0.2) is 0 Å². The van der Waals surface area contributed by atoms with E-state index < -0.39 is 11.9 Å². The average molecular weight is 416 g/mol. The number of fused-ring (bicyclic) bond motifs is 1. The molecule has 158 valence electrons. The van der Waals surface area contributed by atoms with E-state index in [-0.39, 0.29) is 17.2 Å². The predicted molar refractivity (Wildman–Crippen MR) is 122 cm³/mol. The van der Waals surface area contributed by atoms with Crippen LogP contribution in [-0.2, 0) is 9.53 Å². The summed E-state index contributed by atoms with van der Waals surface area (Å²) in [5, 5.41) is 4.91. The minimum atomic E-state index is -0.602. The van der Waals surface area contributed by atoms with Gasteiger partial charge in [0.1, 0.15) is 0 Å². The zero-order valence-corrected chi connectivity index (χ0v) is 17.9. The van der Waals surface area contributed by atoms with Gasteiger partial charge in [0, 0.05) is 25.7 Å². The number of carbonyl (C=O) groups excluding carboxylic acids is 3. The van der Waals surface area contributed by atoms with Crippen LogP contribution >= 0.6 is 0 Å². The van der Waals surface area contributed by atoms with E-state index >= 15 is 0 Å². The highest BCUT2D eigenvalue weighted by Gasteiger charge is 2.17. The number of carbonyl (C=O) groups is 3. The fourth-order valence-corrected chi connectivity index (χ4v) is 3.21. The molecule has 6 nitrogen and oxygen atoms in total. The molecule has 0 aromatic heterocycles. The van der Waals surface area contributed by atoms with E-state index in [1.807, 2.05) is 49.4 Å². The molecular weight excluding hydrogens is 392 g/mol. The van der Waals surface area contributed by atoms with Crippen LogP contribution in [-0.4, -0.2) is 43.9 Å². The van der Waals surface area contributed by atoms with Crippen LogP contribution in [0.3, 0.4) is 0 Å². The zero-order valence-electron chi connectivity index (χ0n) is 17.9. The summed E-state index contributed by atoms with van der Waals surface area (Å²) in [6, 6.07) is 18.4. The van der Waals surface area contributed by atoms with E-state index in [1.54, 1.807) is 14.1 Å². The van der Waals surface area contributed by atoms with Gasteiger partial charge in [-0.15, -0.1) is 0 Å². The van der Waals surface area contributed by atoms with Crippen molar-refractivity contribution in [2.75, 3.05) is 26.5 Å². The lowest BCUT2D eigenvalue weighted by atomic mass is 10.0. The van der Waals surface area contributed by atoms with Crippen LogP contribution in [0.25, 0.3) is 16.3 Å². The maximum absolute atomic E-state index is 12.7. The Morgan fingerprint density at radius 2 is 1.58 bits per heavy atom. The van der Waals surface area contributed by atoms with Crippen LogP contribution in [0.15, 0.2) is 66.7 Å². The number of benzene rings is 3. The predicted octanol–water partition coefficient (Wildman–Crippen LogP) is 4.37. The molecule has 31 heavy (non-hydrogen) atoms. The second-order valence-electron chi connectivity index (χ2n) is 7.33. The van der Waals surface area contributed by atoms with E-state index in [1.165, 1.54) is 36.3 Å². The van der Waals surface area contributed by atoms with E-state index in [9.17, 15) is 14.4 Å². The van der Waals surface area contributed by atoms with Crippen LogP contribution in [0.5, 0.6) is 0 Å². The first-order chi connectivity index (χ1) is 14.8. The van der Waals surface area contributed by atoms with Crippen LogP contribution < -0.4 is 5.32 Å². The SMILES string of the molecule is COC(=O)c1ccc(C(=O)N(C)C)cc1NC(=O)C=C(C)c1ccc2ccccc2c1. The third-order valence-electron chi connectivity index (χ3n) is 4.89. The van der Waals surface area contributed by atoms with E-state index in [0.29, 0.717) is 5.56 Å². The smallest absolute Gasteiger partial charge is 0.339 e. The second kappa shape index (κ2) is 9.26. The Hall–Kier alpha value is -3.93. The van der Waals surface area contributed by atoms with Crippen molar-refractivity contribution in [2.24, 2.45) is 0 Å². The molecule has 2 amide bonds. The number of nitrogens with one attached hydrogen (secondary N) is 1. The number of nitrogens with zero attached hydrogens (tertiary/aromatic N) is 1. The molecule has 0 unspecified atom stereocenters. The maximum Gasteiger partial charge on any atom is 0.339 e. The highest BCUT2D eigenvalue weighted by atomic mass is 16.5. The number of hydrogen-bond acceptors (Lipinski definition) is 4. The summed E-state index contributed by atoms with van der Waals surface area (Å²) in [7, 11) is 4.52. The molecule has 1 N–H and O–H groups in total. The number of amides is 2. The summed E-state index contributed by atoms with van der Waals surface area (Å²) in [6.45, 7) is 1.84. The minimum absolute atomic E-state index is 0.169. The Balaban J connectivity index is 1.90. The molecule has 0 saturated heterocycles. The number of hydrogen-bond donors (Lipinski definition) is 1. The van der Waals surface area contributed by atoms with Gasteiger partial charge in [0.2, 0.25) is 5.91 Å². The van der Waals surface area contributed by atoms with E-state index in [2.05, 4.69) is 5.32 Å². The van der Waals surface area contributed by atoms with E-state index in [4.69, 9.17) is 4.74 Å². The normalized spacial score (nSPS) is 11.2. The van der Waals surface area contributed by atoms with Crippen LogP contribution in [0.1, 0.15) is 33.2 Å². The molecule has 0 bridgehead atoms. The largest absolute Gasteiger partial charge is 0.465 e. The summed E-state index contributed by atoms with van der Waals surface area (Å²) in [4.78, 5) is 38.5. The summed E-state index contributed by atoms with van der Waals surface area (Å²) in [5.41, 5.74) is 2.42. The number of esters is 1. The van der Waals surface area contributed by atoms with Crippen molar-refractivity contribution in [1.29, 1.82) is 0 Å². The number of rotatable bonds is 5. The lowest BCUT2D eigenvalue weighted by molar-refractivity contribution is -0.111. The Labute approximate surface area is 181 Å². The zero-order chi connectivity index (χ0) is 22.5. The Morgan fingerprint density at radius 1 is 0.903 bits per heavy atom. The molecule has 0 atom stereocenters. The van der Waals surface area contributed by atoms with Crippen molar-refractivity contribution in [2.45, 2.75) is 6.92 Å². The second-order valence-corrected chi connectivity index (χ2v) is 7.33. The molecule has 0 fully saturated rings. The van der Waals surface area contributed by atoms with Gasteiger partial charge in [-0.3, -0.25) is 9.59 Å². The third kappa shape index (κ3) is 4.98. The van der Waals surface area contributed by atoms with Crippen molar-refractivity contribution in [1.82, 2.24) is 4.90 Å². The lowest BCUT2D eigenvalue weighted by Crippen LogP contribution is -2.22. The van der Waals surface area contributed by atoms with Gasteiger partial charge in [-0.05, 0) is 53.1 Å². The first-order valence-electron chi connectivity index (χ1n) is 9.72. The van der Waals surface area contributed by atoms with Crippen molar-refractivity contribution >= 4 is 39.8 Å². The highest BCUT2D eigenvalue weighted by molar-refractivity contribution is 6.09. The molecular formula is C25H24N2O4. The number of anilines is 1. The fraction of sp³-hybridized carbons (Fsp3) is 0.160. The molecule has 3 rings (SSSR count). The summed E-state index contributed by atoms with van der Waals surface area (Å²) < 4.78 is 4.80. The third-order valence-corrected chi connectivity index (χ3v) is 4.89. The Bertz CT molecular complexity index is 1200. The maximum atomic E-state index is 12.7. The van der Waals surface area contributed by atoms with Gasteiger partial charge in [-0.1, -0.05) is 36.4 Å². The Kier molecular flexibility index (Phi) is 6.50. The minimum Gasteiger partial charge on any atom is -0.465 e. The van der Waals surface area contributed by atoms with Gasteiger partial charge in [0.25, 0.3) is 5.91 Å². The molecule has 0 aliphatic carbocycles. The van der Waals surface area contributed by atoms with Crippen LogP contribution in [0.4, 0.5) is 5.69 Å². The first-order valence-corrected chi connectivity index (χ1v) is 9.72.